The highest BCUT2D eigenvalue weighted by Gasteiger charge is 2.19. The third-order valence-electron chi connectivity index (χ3n) is 3.49. The molecule has 1 N–H and O–H groups in total. The van der Waals surface area contributed by atoms with Crippen molar-refractivity contribution in [2.75, 3.05) is 6.61 Å². The average molecular weight is 289 g/mol. The van der Waals surface area contributed by atoms with E-state index >= 15 is 0 Å². The maximum atomic E-state index is 11.5. The van der Waals surface area contributed by atoms with Gasteiger partial charge in [-0.05, 0) is 31.9 Å². The van der Waals surface area contributed by atoms with Crippen LogP contribution >= 0.6 is 0 Å². The fraction of sp³-hybridized carbons (Fsp3) is 0.375. The van der Waals surface area contributed by atoms with Gasteiger partial charge in [0, 0.05) is 23.9 Å². The van der Waals surface area contributed by atoms with Crippen molar-refractivity contribution in [3.05, 3.63) is 35.5 Å². The fourth-order valence-corrected chi connectivity index (χ4v) is 2.60. The summed E-state index contributed by atoms with van der Waals surface area (Å²) in [6.45, 7) is 4.43. The van der Waals surface area contributed by atoms with Crippen LogP contribution in [0.5, 0.6) is 0 Å². The Morgan fingerprint density at radius 3 is 2.67 bits per heavy atom. The standard InChI is InChI=1S/C16H19NO4/c1-3-21-14(18)9-6-10-17-13-8-5-4-7-12(13)11(2)15(17)16(19)20/h4-5,7-8H,3,6,9-10H2,1-2H3,(H,19,20). The molecule has 0 saturated heterocycles. The number of esters is 1. The van der Waals surface area contributed by atoms with Crippen LogP contribution in [0.1, 0.15) is 35.8 Å². The van der Waals surface area contributed by atoms with Crippen LogP contribution in [0.2, 0.25) is 0 Å². The number of carbonyl (C=O) groups is 2. The van der Waals surface area contributed by atoms with E-state index in [0.717, 1.165) is 16.5 Å². The van der Waals surface area contributed by atoms with Gasteiger partial charge in [0.25, 0.3) is 0 Å². The summed E-state index contributed by atoms with van der Waals surface area (Å²) in [6, 6.07) is 7.59. The van der Waals surface area contributed by atoms with Crippen molar-refractivity contribution < 1.29 is 19.4 Å². The van der Waals surface area contributed by atoms with Crippen molar-refractivity contribution in [3.8, 4) is 0 Å². The van der Waals surface area contributed by atoms with E-state index in [1.165, 1.54) is 0 Å². The number of ether oxygens (including phenoxy) is 1. The van der Waals surface area contributed by atoms with Crippen LogP contribution in [0.3, 0.4) is 0 Å². The Hall–Kier alpha value is -2.30. The summed E-state index contributed by atoms with van der Waals surface area (Å²) in [5.41, 5.74) is 1.94. The summed E-state index contributed by atoms with van der Waals surface area (Å²) in [6.07, 6.45) is 0.843. The number of aromatic carboxylic acids is 1. The monoisotopic (exact) mass is 289 g/mol. The molecule has 112 valence electrons. The Kier molecular flexibility index (Phi) is 4.62. The normalized spacial score (nSPS) is 10.8. The van der Waals surface area contributed by atoms with Gasteiger partial charge in [-0.1, -0.05) is 18.2 Å². The van der Waals surface area contributed by atoms with E-state index in [0.29, 0.717) is 31.7 Å². The maximum absolute atomic E-state index is 11.5. The topological polar surface area (TPSA) is 68.5 Å². The highest BCUT2D eigenvalue weighted by Crippen LogP contribution is 2.26. The predicted molar refractivity (Wildman–Crippen MR) is 79.5 cm³/mol. The first-order valence-corrected chi connectivity index (χ1v) is 7.03. The number of aromatic nitrogens is 1. The Balaban J connectivity index is 2.27. The van der Waals surface area contributed by atoms with E-state index in [2.05, 4.69) is 0 Å². The zero-order chi connectivity index (χ0) is 15.4. The number of nitrogens with zero attached hydrogens (tertiary/aromatic N) is 1. The van der Waals surface area contributed by atoms with Gasteiger partial charge >= 0.3 is 11.9 Å². The van der Waals surface area contributed by atoms with Gasteiger partial charge in [0.1, 0.15) is 5.69 Å². The van der Waals surface area contributed by atoms with E-state index in [-0.39, 0.29) is 5.97 Å². The average Bonchev–Trinajstić information content (AvgIpc) is 2.73. The number of carboxylic acids is 1. The van der Waals surface area contributed by atoms with Gasteiger partial charge in [0.15, 0.2) is 0 Å². The van der Waals surface area contributed by atoms with Gasteiger partial charge in [-0.2, -0.15) is 0 Å². The second-order valence-corrected chi connectivity index (χ2v) is 4.86. The molecule has 0 spiro atoms. The molecule has 5 nitrogen and oxygen atoms in total. The minimum atomic E-state index is -0.945. The number of hydrogen-bond acceptors (Lipinski definition) is 3. The molecule has 0 aliphatic carbocycles. The summed E-state index contributed by atoms with van der Waals surface area (Å²) < 4.78 is 6.66. The zero-order valence-corrected chi connectivity index (χ0v) is 12.3. The Morgan fingerprint density at radius 2 is 2.00 bits per heavy atom. The molecule has 21 heavy (non-hydrogen) atoms. The van der Waals surface area contributed by atoms with Crippen molar-refractivity contribution in [3.63, 3.8) is 0 Å². The summed E-state index contributed by atoms with van der Waals surface area (Å²) in [5, 5.41) is 10.4. The number of benzene rings is 1. The molecule has 0 radical (unpaired) electrons. The van der Waals surface area contributed by atoms with E-state index in [4.69, 9.17) is 4.74 Å². The van der Waals surface area contributed by atoms with Gasteiger partial charge < -0.3 is 14.4 Å². The van der Waals surface area contributed by atoms with Crippen LogP contribution in [0.4, 0.5) is 0 Å². The van der Waals surface area contributed by atoms with Crippen molar-refractivity contribution in [1.82, 2.24) is 4.57 Å². The first-order valence-electron chi connectivity index (χ1n) is 7.03. The Labute approximate surface area is 123 Å². The molecular weight excluding hydrogens is 270 g/mol. The number of rotatable bonds is 6. The molecule has 2 rings (SSSR count). The van der Waals surface area contributed by atoms with Crippen molar-refractivity contribution in [2.24, 2.45) is 0 Å². The molecule has 0 fully saturated rings. The Morgan fingerprint density at radius 1 is 1.29 bits per heavy atom. The number of para-hydroxylation sites is 1. The molecule has 2 aromatic rings. The lowest BCUT2D eigenvalue weighted by Crippen LogP contribution is -2.11. The highest BCUT2D eigenvalue weighted by atomic mass is 16.5. The third kappa shape index (κ3) is 3.07. The molecule has 0 amide bonds. The van der Waals surface area contributed by atoms with Crippen LogP contribution in [-0.4, -0.2) is 28.2 Å². The fourth-order valence-electron chi connectivity index (χ4n) is 2.60. The summed E-state index contributed by atoms with van der Waals surface area (Å²) in [4.78, 5) is 22.9. The number of carboxylic acid groups (broad SMARTS) is 1. The van der Waals surface area contributed by atoms with Crippen molar-refractivity contribution >= 4 is 22.8 Å². The molecule has 1 aromatic carbocycles. The number of hydrogen-bond donors (Lipinski definition) is 1. The van der Waals surface area contributed by atoms with E-state index in [1.807, 2.05) is 31.2 Å². The van der Waals surface area contributed by atoms with Gasteiger partial charge in [-0.3, -0.25) is 4.79 Å². The van der Waals surface area contributed by atoms with Gasteiger partial charge in [0.2, 0.25) is 0 Å². The molecule has 0 atom stereocenters. The largest absolute Gasteiger partial charge is 0.477 e. The van der Waals surface area contributed by atoms with E-state index in [9.17, 15) is 14.7 Å². The molecule has 0 bridgehead atoms. The molecule has 1 heterocycles. The third-order valence-corrected chi connectivity index (χ3v) is 3.49. The molecule has 0 aliphatic rings. The molecule has 0 aliphatic heterocycles. The number of carbonyl (C=O) groups excluding carboxylic acids is 1. The second-order valence-electron chi connectivity index (χ2n) is 4.86. The van der Waals surface area contributed by atoms with Crippen LogP contribution in [-0.2, 0) is 16.1 Å². The molecular formula is C16H19NO4. The summed E-state index contributed by atoms with van der Waals surface area (Å²) in [7, 11) is 0. The lowest BCUT2D eigenvalue weighted by atomic mass is 10.1. The lowest BCUT2D eigenvalue weighted by Gasteiger charge is -2.08. The maximum Gasteiger partial charge on any atom is 0.352 e. The minimum absolute atomic E-state index is 0.248. The Bertz CT molecular complexity index is 672. The number of aryl methyl sites for hydroxylation is 2. The van der Waals surface area contributed by atoms with E-state index in [1.54, 1.807) is 11.5 Å². The zero-order valence-electron chi connectivity index (χ0n) is 12.3. The van der Waals surface area contributed by atoms with Crippen LogP contribution < -0.4 is 0 Å². The molecule has 5 heteroatoms. The van der Waals surface area contributed by atoms with Crippen LogP contribution in [0, 0.1) is 6.92 Å². The second kappa shape index (κ2) is 6.43. The van der Waals surface area contributed by atoms with Crippen molar-refractivity contribution in [1.29, 1.82) is 0 Å². The summed E-state index contributed by atoms with van der Waals surface area (Å²) >= 11 is 0. The highest BCUT2D eigenvalue weighted by molar-refractivity contribution is 5.98. The van der Waals surface area contributed by atoms with Crippen molar-refractivity contribution in [2.45, 2.75) is 33.2 Å². The molecule has 0 unspecified atom stereocenters. The van der Waals surface area contributed by atoms with Gasteiger partial charge in [-0.25, -0.2) is 4.79 Å². The summed E-state index contributed by atoms with van der Waals surface area (Å²) in [5.74, 6) is -1.19. The minimum Gasteiger partial charge on any atom is -0.477 e. The molecule has 1 aromatic heterocycles. The number of fused-ring (bicyclic) bond motifs is 1. The van der Waals surface area contributed by atoms with Crippen LogP contribution in [0.25, 0.3) is 10.9 Å². The van der Waals surface area contributed by atoms with Gasteiger partial charge in [0.05, 0.1) is 6.61 Å². The smallest absolute Gasteiger partial charge is 0.352 e. The first kappa shape index (κ1) is 15.1. The first-order chi connectivity index (χ1) is 10.1. The SMILES string of the molecule is CCOC(=O)CCCn1c(C(=O)O)c(C)c2ccccc21. The quantitative estimate of drug-likeness (QED) is 0.830. The predicted octanol–water partition coefficient (Wildman–Crippen LogP) is 2.99. The molecule has 0 saturated carbocycles. The van der Waals surface area contributed by atoms with E-state index < -0.39 is 5.97 Å². The lowest BCUT2D eigenvalue weighted by molar-refractivity contribution is -0.143. The van der Waals surface area contributed by atoms with Gasteiger partial charge in [-0.15, -0.1) is 0 Å². The van der Waals surface area contributed by atoms with Crippen LogP contribution in [0.15, 0.2) is 24.3 Å².